The van der Waals surface area contributed by atoms with Gasteiger partial charge in [-0.1, -0.05) is 27.3 Å². The molecular formula is C13H16BrN3S. The minimum Gasteiger partial charge on any atom is -0.360 e. The van der Waals surface area contributed by atoms with Gasteiger partial charge in [0.25, 0.3) is 0 Å². The van der Waals surface area contributed by atoms with Crippen LogP contribution in [0.4, 0.5) is 5.13 Å². The highest BCUT2D eigenvalue weighted by Crippen LogP contribution is 2.28. The van der Waals surface area contributed by atoms with Crippen LogP contribution < -0.4 is 5.32 Å². The van der Waals surface area contributed by atoms with E-state index >= 15 is 0 Å². The first-order chi connectivity index (χ1) is 8.72. The molecule has 0 spiro atoms. The van der Waals surface area contributed by atoms with Crippen molar-refractivity contribution >= 4 is 42.6 Å². The first-order valence-electron chi connectivity index (χ1n) is 6.22. The molecule has 0 aliphatic carbocycles. The number of rotatable bonds is 3. The lowest BCUT2D eigenvalue weighted by Crippen LogP contribution is -2.31. The number of anilines is 1. The Balaban J connectivity index is 1.71. The lowest BCUT2D eigenvalue weighted by molar-refractivity contribution is 0.322. The number of nitrogens with zero attached hydrogens (tertiary/aromatic N) is 2. The van der Waals surface area contributed by atoms with Gasteiger partial charge in [0.05, 0.1) is 10.2 Å². The topological polar surface area (TPSA) is 28.2 Å². The van der Waals surface area contributed by atoms with Crippen LogP contribution in [-0.4, -0.2) is 36.1 Å². The minimum atomic E-state index is 0.656. The second-order valence-electron chi connectivity index (χ2n) is 4.79. The first kappa shape index (κ1) is 12.4. The van der Waals surface area contributed by atoms with Crippen molar-refractivity contribution in [3.8, 4) is 0 Å². The molecule has 18 heavy (non-hydrogen) atoms. The second-order valence-corrected chi connectivity index (χ2v) is 6.73. The number of hydrogen-bond acceptors (Lipinski definition) is 4. The average Bonchev–Trinajstić information content (AvgIpc) is 2.92. The summed E-state index contributed by atoms with van der Waals surface area (Å²) in [6.45, 7) is 2.22. The number of likely N-dealkylation sites (N-methyl/N-ethyl adjacent to an activating group) is 1. The van der Waals surface area contributed by atoms with Crippen molar-refractivity contribution in [1.82, 2.24) is 9.88 Å². The van der Waals surface area contributed by atoms with E-state index in [1.165, 1.54) is 24.1 Å². The molecule has 96 valence electrons. The van der Waals surface area contributed by atoms with Crippen LogP contribution in [-0.2, 0) is 0 Å². The van der Waals surface area contributed by atoms with Crippen LogP contribution in [0.3, 0.4) is 0 Å². The Kier molecular flexibility index (Phi) is 3.54. The van der Waals surface area contributed by atoms with Gasteiger partial charge in [-0.05, 0) is 44.6 Å². The van der Waals surface area contributed by atoms with E-state index in [9.17, 15) is 0 Å². The molecule has 1 atom stereocenters. The molecule has 1 saturated heterocycles. The van der Waals surface area contributed by atoms with Gasteiger partial charge in [0.1, 0.15) is 0 Å². The second kappa shape index (κ2) is 5.15. The molecule has 3 nitrogen and oxygen atoms in total. The number of fused-ring (bicyclic) bond motifs is 1. The summed E-state index contributed by atoms with van der Waals surface area (Å²) < 4.78 is 2.32. The van der Waals surface area contributed by atoms with Crippen LogP contribution in [0.25, 0.3) is 10.2 Å². The van der Waals surface area contributed by atoms with Crippen LogP contribution in [0, 0.1) is 0 Å². The summed E-state index contributed by atoms with van der Waals surface area (Å²) in [6.07, 6.45) is 2.61. The van der Waals surface area contributed by atoms with E-state index in [1.54, 1.807) is 11.3 Å². The van der Waals surface area contributed by atoms with E-state index in [1.807, 2.05) is 0 Å². The van der Waals surface area contributed by atoms with Crippen LogP contribution in [0.15, 0.2) is 22.7 Å². The Morgan fingerprint density at radius 1 is 1.56 bits per heavy atom. The molecule has 1 aromatic carbocycles. The summed E-state index contributed by atoms with van der Waals surface area (Å²) >= 11 is 5.21. The van der Waals surface area contributed by atoms with Crippen molar-refractivity contribution in [3.05, 3.63) is 22.7 Å². The fraction of sp³-hybridized carbons (Fsp3) is 0.462. The number of hydrogen-bond donors (Lipinski definition) is 1. The van der Waals surface area contributed by atoms with E-state index in [0.29, 0.717) is 6.04 Å². The van der Waals surface area contributed by atoms with Gasteiger partial charge < -0.3 is 10.2 Å². The Labute approximate surface area is 119 Å². The van der Waals surface area contributed by atoms with Gasteiger partial charge in [-0.15, -0.1) is 0 Å². The van der Waals surface area contributed by atoms with Crippen LogP contribution in [0.2, 0.25) is 0 Å². The fourth-order valence-electron chi connectivity index (χ4n) is 2.42. The standard InChI is InChI=1S/C13H16BrN3S/c1-17-6-2-3-10(17)8-15-13-16-11-7-9(14)4-5-12(11)18-13/h4-5,7,10H,2-3,6,8H2,1H3,(H,15,16). The van der Waals surface area contributed by atoms with E-state index in [0.717, 1.165) is 21.7 Å². The van der Waals surface area contributed by atoms with Gasteiger partial charge >= 0.3 is 0 Å². The van der Waals surface area contributed by atoms with Gasteiger partial charge in [-0.2, -0.15) is 0 Å². The SMILES string of the molecule is CN1CCCC1CNc1nc2cc(Br)ccc2s1. The zero-order chi connectivity index (χ0) is 12.5. The molecule has 1 N–H and O–H groups in total. The van der Waals surface area contributed by atoms with Crippen molar-refractivity contribution < 1.29 is 0 Å². The van der Waals surface area contributed by atoms with Crippen molar-refractivity contribution in [2.24, 2.45) is 0 Å². The lowest BCUT2D eigenvalue weighted by atomic mass is 10.2. The molecular weight excluding hydrogens is 310 g/mol. The third-order valence-electron chi connectivity index (χ3n) is 3.51. The van der Waals surface area contributed by atoms with E-state index in [2.05, 4.69) is 56.4 Å². The van der Waals surface area contributed by atoms with Crippen molar-refractivity contribution in [3.63, 3.8) is 0 Å². The normalized spacial score (nSPS) is 20.7. The van der Waals surface area contributed by atoms with Crippen LogP contribution in [0.5, 0.6) is 0 Å². The molecule has 1 fully saturated rings. The highest BCUT2D eigenvalue weighted by molar-refractivity contribution is 9.10. The van der Waals surface area contributed by atoms with Crippen molar-refractivity contribution in [2.45, 2.75) is 18.9 Å². The largest absolute Gasteiger partial charge is 0.360 e. The number of halogens is 1. The molecule has 2 aromatic rings. The number of aromatic nitrogens is 1. The molecule has 0 amide bonds. The molecule has 3 rings (SSSR count). The summed E-state index contributed by atoms with van der Waals surface area (Å²) in [5.74, 6) is 0. The van der Waals surface area contributed by atoms with E-state index in [-0.39, 0.29) is 0 Å². The Morgan fingerprint density at radius 3 is 3.22 bits per heavy atom. The zero-order valence-corrected chi connectivity index (χ0v) is 12.7. The Hall–Kier alpha value is -0.650. The average molecular weight is 326 g/mol. The predicted molar refractivity (Wildman–Crippen MR) is 81.5 cm³/mol. The van der Waals surface area contributed by atoms with Crippen LogP contribution >= 0.6 is 27.3 Å². The smallest absolute Gasteiger partial charge is 0.183 e. The minimum absolute atomic E-state index is 0.656. The van der Waals surface area contributed by atoms with E-state index in [4.69, 9.17) is 0 Å². The maximum Gasteiger partial charge on any atom is 0.183 e. The molecule has 5 heteroatoms. The Morgan fingerprint density at radius 2 is 2.44 bits per heavy atom. The van der Waals surface area contributed by atoms with E-state index < -0.39 is 0 Å². The summed E-state index contributed by atoms with van der Waals surface area (Å²) in [5.41, 5.74) is 1.07. The maximum absolute atomic E-state index is 4.62. The van der Waals surface area contributed by atoms with Gasteiger partial charge in [0, 0.05) is 17.1 Å². The predicted octanol–water partition coefficient (Wildman–Crippen LogP) is 3.56. The molecule has 1 aliphatic heterocycles. The van der Waals surface area contributed by atoms with Gasteiger partial charge in [0.2, 0.25) is 0 Å². The number of nitrogens with one attached hydrogen (secondary N) is 1. The van der Waals surface area contributed by atoms with Gasteiger partial charge in [-0.3, -0.25) is 0 Å². The molecule has 1 aromatic heterocycles. The third kappa shape index (κ3) is 2.53. The molecule has 1 aliphatic rings. The summed E-state index contributed by atoms with van der Waals surface area (Å²) in [4.78, 5) is 7.05. The highest BCUT2D eigenvalue weighted by Gasteiger charge is 2.20. The molecule has 0 saturated carbocycles. The lowest BCUT2D eigenvalue weighted by Gasteiger charge is -2.19. The first-order valence-corrected chi connectivity index (χ1v) is 7.83. The molecule has 0 radical (unpaired) electrons. The number of likely N-dealkylation sites (tertiary alicyclic amines) is 1. The Bertz CT molecular complexity index is 554. The molecule has 0 bridgehead atoms. The third-order valence-corrected chi connectivity index (χ3v) is 5.00. The monoisotopic (exact) mass is 325 g/mol. The van der Waals surface area contributed by atoms with Gasteiger partial charge in [0.15, 0.2) is 5.13 Å². The highest BCUT2D eigenvalue weighted by atomic mass is 79.9. The van der Waals surface area contributed by atoms with Crippen molar-refractivity contribution in [2.75, 3.05) is 25.5 Å². The summed E-state index contributed by atoms with van der Waals surface area (Å²) in [6, 6.07) is 6.90. The molecule has 2 heterocycles. The van der Waals surface area contributed by atoms with Crippen LogP contribution in [0.1, 0.15) is 12.8 Å². The fourth-order valence-corrected chi connectivity index (χ4v) is 3.62. The summed E-state index contributed by atoms with van der Waals surface area (Å²) in [5, 5.41) is 4.51. The van der Waals surface area contributed by atoms with Gasteiger partial charge in [-0.25, -0.2) is 4.98 Å². The quantitative estimate of drug-likeness (QED) is 0.935. The summed E-state index contributed by atoms with van der Waals surface area (Å²) in [7, 11) is 2.20. The maximum atomic E-state index is 4.62. The molecule has 1 unspecified atom stereocenters. The number of benzene rings is 1. The zero-order valence-electron chi connectivity index (χ0n) is 10.3. The number of thiazole rings is 1. The van der Waals surface area contributed by atoms with Crippen molar-refractivity contribution in [1.29, 1.82) is 0 Å².